The largest absolute Gasteiger partial charge is 0.354 e. The molecule has 0 bridgehead atoms. The fourth-order valence-electron chi connectivity index (χ4n) is 3.27. The highest BCUT2D eigenvalue weighted by Crippen LogP contribution is 2.43. The molecule has 2 fully saturated rings. The molecule has 128 valence electrons. The van der Waals surface area contributed by atoms with Crippen LogP contribution in [0.5, 0.6) is 0 Å². The van der Waals surface area contributed by atoms with E-state index in [1.807, 2.05) is 6.92 Å². The molecule has 2 saturated carbocycles. The van der Waals surface area contributed by atoms with Crippen molar-refractivity contribution in [2.45, 2.75) is 57.0 Å². The molecule has 2 atom stereocenters. The Kier molecular flexibility index (Phi) is 6.61. The Bertz CT molecular complexity index is 539. The molecule has 0 heterocycles. The summed E-state index contributed by atoms with van der Waals surface area (Å²) in [5, 5.41) is 6.77. The molecule has 0 radical (unpaired) electrons. The van der Waals surface area contributed by atoms with Crippen LogP contribution in [0.1, 0.15) is 50.5 Å². The fraction of sp³-hybridized carbons (Fsp3) is 0.588. The molecule has 1 aromatic carbocycles. The minimum atomic E-state index is -0.452. The topological polar surface area (TPSA) is 36.4 Å². The first kappa shape index (κ1) is 18.4. The molecule has 0 aliphatic heterocycles. The number of nitrogens with zero attached hydrogens (tertiary/aromatic N) is 1. The van der Waals surface area contributed by atoms with Crippen molar-refractivity contribution in [3.8, 4) is 0 Å². The Hall–Kier alpha value is -0.920. The Morgan fingerprint density at radius 1 is 1.17 bits per heavy atom. The van der Waals surface area contributed by atoms with Gasteiger partial charge in [0.1, 0.15) is 11.6 Å². The first-order chi connectivity index (χ1) is 10.7. The van der Waals surface area contributed by atoms with Crippen LogP contribution in [-0.4, -0.2) is 24.6 Å². The van der Waals surface area contributed by atoms with Crippen LogP contribution < -0.4 is 10.6 Å². The van der Waals surface area contributed by atoms with Gasteiger partial charge in [-0.2, -0.15) is 0 Å². The molecular weight excluding hydrogens is 411 g/mol. The van der Waals surface area contributed by atoms with Crippen molar-refractivity contribution in [1.29, 1.82) is 0 Å². The van der Waals surface area contributed by atoms with Crippen molar-refractivity contribution in [1.82, 2.24) is 10.6 Å². The van der Waals surface area contributed by atoms with E-state index in [4.69, 9.17) is 0 Å². The van der Waals surface area contributed by atoms with E-state index in [0.717, 1.165) is 12.4 Å². The van der Waals surface area contributed by atoms with Gasteiger partial charge in [0.15, 0.2) is 5.96 Å². The standard InChI is InChI=1S/C17H23F2N3.HI/c1-2-20-17(21-11-6-3-4-7-11)22-15-10-12(15)16-13(18)8-5-9-14(16)19;/h5,8-9,11-12,15H,2-4,6-7,10H2,1H3,(H2,20,21,22);1H. The van der Waals surface area contributed by atoms with Gasteiger partial charge in [-0.25, -0.2) is 8.78 Å². The highest BCUT2D eigenvalue weighted by molar-refractivity contribution is 14.0. The van der Waals surface area contributed by atoms with Crippen molar-refractivity contribution < 1.29 is 8.78 Å². The van der Waals surface area contributed by atoms with Crippen LogP contribution in [0.2, 0.25) is 0 Å². The molecule has 2 unspecified atom stereocenters. The van der Waals surface area contributed by atoms with Crippen molar-refractivity contribution in [2.24, 2.45) is 4.99 Å². The van der Waals surface area contributed by atoms with Gasteiger partial charge in [-0.3, -0.25) is 4.99 Å². The van der Waals surface area contributed by atoms with Gasteiger partial charge in [-0.15, -0.1) is 24.0 Å². The molecule has 2 aliphatic rings. The highest BCUT2D eigenvalue weighted by atomic mass is 127. The summed E-state index contributed by atoms with van der Waals surface area (Å²) in [5.41, 5.74) is 0.205. The lowest BCUT2D eigenvalue weighted by molar-refractivity contribution is 0.552. The van der Waals surface area contributed by atoms with E-state index in [9.17, 15) is 8.78 Å². The van der Waals surface area contributed by atoms with Crippen LogP contribution in [0.4, 0.5) is 8.78 Å². The van der Waals surface area contributed by atoms with Crippen molar-refractivity contribution in [3.05, 3.63) is 35.4 Å². The minimum absolute atomic E-state index is 0. The number of hydrogen-bond donors (Lipinski definition) is 2. The smallest absolute Gasteiger partial charge is 0.191 e. The van der Waals surface area contributed by atoms with Crippen LogP contribution in [-0.2, 0) is 0 Å². The molecule has 6 heteroatoms. The van der Waals surface area contributed by atoms with Crippen molar-refractivity contribution in [3.63, 3.8) is 0 Å². The summed E-state index contributed by atoms with van der Waals surface area (Å²) >= 11 is 0. The van der Waals surface area contributed by atoms with Gasteiger partial charge >= 0.3 is 0 Å². The molecule has 0 saturated heterocycles. The Balaban J connectivity index is 0.00000192. The molecule has 3 nitrogen and oxygen atoms in total. The monoisotopic (exact) mass is 435 g/mol. The summed E-state index contributed by atoms with van der Waals surface area (Å²) in [7, 11) is 0. The summed E-state index contributed by atoms with van der Waals surface area (Å²) in [6.45, 7) is 2.67. The molecule has 1 aromatic rings. The quantitative estimate of drug-likeness (QED) is 0.427. The van der Waals surface area contributed by atoms with Gasteiger partial charge in [0.25, 0.3) is 0 Å². The van der Waals surface area contributed by atoms with Gasteiger partial charge in [-0.1, -0.05) is 18.9 Å². The maximum atomic E-state index is 13.8. The Morgan fingerprint density at radius 2 is 1.83 bits per heavy atom. The lowest BCUT2D eigenvalue weighted by Gasteiger charge is -2.17. The normalized spacial score (nSPS) is 24.2. The summed E-state index contributed by atoms with van der Waals surface area (Å²) < 4.78 is 27.6. The molecule has 0 aromatic heterocycles. The second kappa shape index (κ2) is 8.26. The van der Waals surface area contributed by atoms with E-state index in [2.05, 4.69) is 15.6 Å². The summed E-state index contributed by atoms with van der Waals surface area (Å²) in [6.07, 6.45) is 5.58. The van der Waals surface area contributed by atoms with Gasteiger partial charge in [0, 0.05) is 30.1 Å². The Labute approximate surface area is 153 Å². The lowest BCUT2D eigenvalue weighted by Crippen LogP contribution is -2.43. The van der Waals surface area contributed by atoms with Crippen molar-refractivity contribution in [2.75, 3.05) is 6.54 Å². The molecule has 3 rings (SSSR count). The summed E-state index contributed by atoms with van der Waals surface area (Å²) in [4.78, 5) is 4.45. The number of rotatable bonds is 4. The average molecular weight is 435 g/mol. The minimum Gasteiger partial charge on any atom is -0.354 e. The van der Waals surface area contributed by atoms with Crippen LogP contribution in [0, 0.1) is 11.6 Å². The molecule has 23 heavy (non-hydrogen) atoms. The van der Waals surface area contributed by atoms with Gasteiger partial charge in [-0.05, 0) is 38.3 Å². The molecule has 2 N–H and O–H groups in total. The second-order valence-corrected chi connectivity index (χ2v) is 6.18. The average Bonchev–Trinajstić information content (AvgIpc) is 3.01. The number of benzene rings is 1. The van der Waals surface area contributed by atoms with Gasteiger partial charge < -0.3 is 10.6 Å². The zero-order valence-corrected chi connectivity index (χ0v) is 15.6. The second-order valence-electron chi connectivity index (χ2n) is 6.18. The molecule has 0 amide bonds. The predicted molar refractivity (Wildman–Crippen MR) is 99.4 cm³/mol. The summed E-state index contributed by atoms with van der Waals surface area (Å²) in [6, 6.07) is 4.59. The van der Waals surface area contributed by atoms with E-state index in [1.54, 1.807) is 0 Å². The third-order valence-electron chi connectivity index (χ3n) is 4.50. The van der Waals surface area contributed by atoms with Gasteiger partial charge in [0.05, 0.1) is 0 Å². The first-order valence-electron chi connectivity index (χ1n) is 8.20. The Morgan fingerprint density at radius 3 is 2.43 bits per heavy atom. The van der Waals surface area contributed by atoms with E-state index in [-0.39, 0.29) is 41.5 Å². The van der Waals surface area contributed by atoms with Crippen LogP contribution >= 0.6 is 24.0 Å². The zero-order valence-electron chi connectivity index (χ0n) is 13.3. The molecule has 2 aliphatic carbocycles. The molecular formula is C17H24F2IN3. The number of guanidine groups is 1. The number of halogens is 3. The maximum Gasteiger partial charge on any atom is 0.191 e. The van der Waals surface area contributed by atoms with E-state index in [1.165, 1.54) is 43.9 Å². The van der Waals surface area contributed by atoms with E-state index >= 15 is 0 Å². The van der Waals surface area contributed by atoms with E-state index < -0.39 is 11.6 Å². The number of aliphatic imine (C=N–C) groups is 1. The predicted octanol–water partition coefficient (Wildman–Crippen LogP) is 3.94. The maximum absolute atomic E-state index is 13.8. The van der Waals surface area contributed by atoms with Crippen LogP contribution in [0.15, 0.2) is 23.2 Å². The number of nitrogens with one attached hydrogen (secondary N) is 2. The zero-order chi connectivity index (χ0) is 15.5. The lowest BCUT2D eigenvalue weighted by atomic mass is 10.1. The fourth-order valence-corrected chi connectivity index (χ4v) is 3.27. The van der Waals surface area contributed by atoms with Crippen molar-refractivity contribution >= 4 is 29.9 Å². The van der Waals surface area contributed by atoms with Gasteiger partial charge in [0.2, 0.25) is 0 Å². The van der Waals surface area contributed by atoms with Crippen LogP contribution in [0.3, 0.4) is 0 Å². The first-order valence-corrected chi connectivity index (χ1v) is 8.20. The van der Waals surface area contributed by atoms with Crippen LogP contribution in [0.25, 0.3) is 0 Å². The van der Waals surface area contributed by atoms with E-state index in [0.29, 0.717) is 12.6 Å². The third-order valence-corrected chi connectivity index (χ3v) is 4.50. The highest BCUT2D eigenvalue weighted by Gasteiger charge is 2.42. The SMILES string of the molecule is CCN=C(NC1CCCC1)NC1CC1c1c(F)cccc1F.I. The summed E-state index contributed by atoms with van der Waals surface area (Å²) in [5.74, 6) is -0.230. The number of hydrogen-bond acceptors (Lipinski definition) is 1. The third kappa shape index (κ3) is 4.55. The molecule has 0 spiro atoms.